The second kappa shape index (κ2) is 9.42. The molecule has 0 aliphatic heterocycles. The summed E-state index contributed by atoms with van der Waals surface area (Å²) in [5, 5.41) is 3.25. The van der Waals surface area contributed by atoms with Crippen molar-refractivity contribution in [3.05, 3.63) is 59.4 Å². The van der Waals surface area contributed by atoms with Crippen molar-refractivity contribution in [3.8, 4) is 11.3 Å². The minimum Gasteiger partial charge on any atom is -0.354 e. The first kappa shape index (κ1) is 24.3. The number of aromatic nitrogens is 1. The van der Waals surface area contributed by atoms with E-state index in [1.54, 1.807) is 19.1 Å². The molecule has 0 spiro atoms. The smallest absolute Gasteiger partial charge is 0.238 e. The monoisotopic (exact) mass is 493 g/mol. The fraction of sp³-hybridized carbons (Fsp3) is 0.375. The lowest BCUT2D eigenvalue weighted by atomic mass is 9.70. The average molecular weight is 494 g/mol. The Hall–Kier alpha value is -2.85. The van der Waals surface area contributed by atoms with E-state index >= 15 is 0 Å². The zero-order valence-electron chi connectivity index (χ0n) is 18.8. The molecule has 0 bridgehead atoms. The summed E-state index contributed by atoms with van der Waals surface area (Å²) in [6, 6.07) is 7.10. The van der Waals surface area contributed by atoms with Gasteiger partial charge in [-0.25, -0.2) is 26.3 Å². The molecule has 1 heterocycles. The van der Waals surface area contributed by atoms with Crippen molar-refractivity contribution in [3.63, 3.8) is 0 Å². The Morgan fingerprint density at radius 3 is 2.41 bits per heavy atom. The third-order valence-corrected chi connectivity index (χ3v) is 7.00. The molecule has 182 valence electrons. The molecule has 4 rings (SSSR count). The number of carbonyl (C=O) groups is 1. The van der Waals surface area contributed by atoms with Crippen LogP contribution in [-0.4, -0.2) is 38.2 Å². The lowest BCUT2D eigenvalue weighted by Gasteiger charge is -2.36. The Kier molecular flexibility index (Phi) is 6.73. The van der Waals surface area contributed by atoms with Crippen LogP contribution in [0.1, 0.15) is 37.7 Å². The van der Waals surface area contributed by atoms with Gasteiger partial charge in [-0.3, -0.25) is 4.79 Å². The Labute approximate surface area is 196 Å². The van der Waals surface area contributed by atoms with Crippen molar-refractivity contribution in [1.82, 2.24) is 15.0 Å². The lowest BCUT2D eigenvalue weighted by molar-refractivity contribution is -0.123. The molecule has 1 fully saturated rings. The number of hydrogen-bond acceptors (Lipinski definition) is 3. The van der Waals surface area contributed by atoms with Gasteiger partial charge in [0.05, 0.1) is 17.5 Å². The van der Waals surface area contributed by atoms with Crippen molar-refractivity contribution in [2.75, 3.05) is 12.8 Å². The Bertz CT molecular complexity index is 1320. The number of H-pyrrole nitrogens is 1. The summed E-state index contributed by atoms with van der Waals surface area (Å²) >= 11 is 0. The summed E-state index contributed by atoms with van der Waals surface area (Å²) < 4.78 is 67.2. The van der Waals surface area contributed by atoms with E-state index < -0.39 is 33.5 Å². The lowest BCUT2D eigenvalue weighted by Crippen LogP contribution is -2.47. The third-order valence-electron chi connectivity index (χ3n) is 6.29. The predicted octanol–water partition coefficient (Wildman–Crippen LogP) is 4.19. The molecule has 1 unspecified atom stereocenters. The van der Waals surface area contributed by atoms with Crippen molar-refractivity contribution in [1.29, 1.82) is 0 Å². The summed E-state index contributed by atoms with van der Waals surface area (Å²) in [5.41, 5.74) is 2.26. The Balaban J connectivity index is 1.52. The zero-order valence-corrected chi connectivity index (χ0v) is 19.6. The molecule has 1 aromatic heterocycles. The number of amides is 1. The van der Waals surface area contributed by atoms with Crippen LogP contribution in [0.2, 0.25) is 0 Å². The van der Waals surface area contributed by atoms with E-state index in [1.807, 2.05) is 0 Å². The molecule has 6 nitrogen and oxygen atoms in total. The van der Waals surface area contributed by atoms with Gasteiger partial charge in [0, 0.05) is 18.0 Å². The van der Waals surface area contributed by atoms with Crippen LogP contribution in [0, 0.1) is 23.4 Å². The summed E-state index contributed by atoms with van der Waals surface area (Å²) in [6.45, 7) is 2.09. The van der Waals surface area contributed by atoms with Gasteiger partial charge in [-0.1, -0.05) is 6.92 Å². The van der Waals surface area contributed by atoms with E-state index in [2.05, 4.69) is 15.0 Å². The normalized spacial score (nSPS) is 19.1. The number of hydrogen-bond donors (Lipinski definition) is 3. The van der Waals surface area contributed by atoms with Crippen molar-refractivity contribution in [2.45, 2.75) is 38.1 Å². The summed E-state index contributed by atoms with van der Waals surface area (Å²) in [5.74, 6) is -2.03. The van der Waals surface area contributed by atoms with Crippen LogP contribution < -0.4 is 10.0 Å². The van der Waals surface area contributed by atoms with Gasteiger partial charge in [-0.05, 0) is 72.6 Å². The Morgan fingerprint density at radius 2 is 1.79 bits per heavy atom. The van der Waals surface area contributed by atoms with E-state index in [0.717, 1.165) is 17.9 Å². The quantitative estimate of drug-likeness (QED) is 0.440. The number of halogens is 3. The first-order valence-corrected chi connectivity index (χ1v) is 13.0. The fourth-order valence-corrected chi connectivity index (χ4v) is 5.39. The first-order valence-electron chi connectivity index (χ1n) is 11.1. The number of benzene rings is 2. The average Bonchev–Trinajstić information content (AvgIpc) is 3.10. The second-order valence-electron chi connectivity index (χ2n) is 8.86. The highest BCUT2D eigenvalue weighted by Gasteiger charge is 2.35. The maximum atomic E-state index is 14.5. The summed E-state index contributed by atoms with van der Waals surface area (Å²) in [7, 11) is -3.51. The maximum absolute atomic E-state index is 14.5. The van der Waals surface area contributed by atoms with E-state index in [9.17, 15) is 26.4 Å². The van der Waals surface area contributed by atoms with Crippen LogP contribution in [0.3, 0.4) is 0 Å². The van der Waals surface area contributed by atoms with E-state index in [4.69, 9.17) is 0 Å². The van der Waals surface area contributed by atoms with Gasteiger partial charge in [-0.15, -0.1) is 0 Å². The molecule has 1 saturated carbocycles. The highest BCUT2D eigenvalue weighted by atomic mass is 32.2. The van der Waals surface area contributed by atoms with Crippen LogP contribution >= 0.6 is 0 Å². The van der Waals surface area contributed by atoms with Gasteiger partial charge >= 0.3 is 0 Å². The van der Waals surface area contributed by atoms with Crippen molar-refractivity contribution in [2.24, 2.45) is 5.92 Å². The summed E-state index contributed by atoms with van der Waals surface area (Å²) in [6.07, 6.45) is 2.68. The van der Waals surface area contributed by atoms with E-state index in [1.165, 1.54) is 18.2 Å². The van der Waals surface area contributed by atoms with Crippen LogP contribution in [-0.2, 0) is 14.8 Å². The highest BCUT2D eigenvalue weighted by molar-refractivity contribution is 7.88. The van der Waals surface area contributed by atoms with E-state index in [0.29, 0.717) is 42.5 Å². The SMILES string of the molecule is CCC(NS(C)(=O)=O)C(=O)NCC1CC(c2c(-c3ccc(F)cc3)[nH]c3c(F)cc(F)cc23)C1. The molecule has 1 amide bonds. The van der Waals surface area contributed by atoms with Gasteiger partial charge in [-0.2, -0.15) is 0 Å². The maximum Gasteiger partial charge on any atom is 0.238 e. The van der Waals surface area contributed by atoms with Gasteiger partial charge in [0.2, 0.25) is 15.9 Å². The van der Waals surface area contributed by atoms with Crippen LogP contribution in [0.5, 0.6) is 0 Å². The fourth-order valence-electron chi connectivity index (χ4n) is 4.60. The van der Waals surface area contributed by atoms with Gasteiger partial charge in [0.25, 0.3) is 0 Å². The van der Waals surface area contributed by atoms with Crippen LogP contribution in [0.25, 0.3) is 22.2 Å². The number of fused-ring (bicyclic) bond motifs is 1. The van der Waals surface area contributed by atoms with Gasteiger partial charge < -0.3 is 10.3 Å². The highest BCUT2D eigenvalue weighted by Crippen LogP contribution is 2.48. The molecule has 1 aliphatic carbocycles. The van der Waals surface area contributed by atoms with E-state index in [-0.39, 0.29) is 23.3 Å². The van der Waals surface area contributed by atoms with Gasteiger partial charge in [0.15, 0.2) is 0 Å². The standard InChI is InChI=1S/C24H26F3N3O3S/c1-3-20(30-34(2,32)33)24(31)28-12-13-8-15(9-13)21-18-10-17(26)11-19(27)23(18)29-22(21)14-4-6-16(25)7-5-14/h4-7,10-11,13,15,20,29-30H,3,8-9,12H2,1-2H3,(H,28,31). The topological polar surface area (TPSA) is 91.1 Å². The molecule has 3 aromatic rings. The largest absolute Gasteiger partial charge is 0.354 e. The van der Waals surface area contributed by atoms with Crippen molar-refractivity contribution >= 4 is 26.8 Å². The van der Waals surface area contributed by atoms with Crippen LogP contribution in [0.4, 0.5) is 13.2 Å². The molecule has 2 aromatic carbocycles. The second-order valence-corrected chi connectivity index (χ2v) is 10.6. The Morgan fingerprint density at radius 1 is 1.12 bits per heavy atom. The molecule has 1 aliphatic rings. The molecule has 0 saturated heterocycles. The number of sulfonamides is 1. The first-order chi connectivity index (χ1) is 16.1. The number of nitrogens with one attached hydrogen (secondary N) is 3. The number of rotatable bonds is 8. The van der Waals surface area contributed by atoms with Gasteiger partial charge in [0.1, 0.15) is 23.5 Å². The molecular formula is C24H26F3N3O3S. The summed E-state index contributed by atoms with van der Waals surface area (Å²) in [4.78, 5) is 15.4. The minimum atomic E-state index is -3.51. The molecule has 34 heavy (non-hydrogen) atoms. The number of aromatic amines is 1. The zero-order chi connectivity index (χ0) is 24.6. The minimum absolute atomic E-state index is 0.00646. The third kappa shape index (κ3) is 5.12. The molecule has 10 heteroatoms. The number of carbonyl (C=O) groups excluding carboxylic acids is 1. The molecule has 1 atom stereocenters. The van der Waals surface area contributed by atoms with Crippen LogP contribution in [0.15, 0.2) is 36.4 Å². The van der Waals surface area contributed by atoms with Crippen molar-refractivity contribution < 1.29 is 26.4 Å². The molecule has 3 N–H and O–H groups in total. The molecule has 0 radical (unpaired) electrons. The molecular weight excluding hydrogens is 467 g/mol. The predicted molar refractivity (Wildman–Crippen MR) is 124 cm³/mol.